The van der Waals surface area contributed by atoms with Crippen molar-refractivity contribution in [2.75, 3.05) is 6.61 Å². The molecule has 0 aliphatic heterocycles. The molecule has 0 amide bonds. The Morgan fingerprint density at radius 2 is 2.14 bits per heavy atom. The van der Waals surface area contributed by atoms with Crippen LogP contribution in [0.4, 0.5) is 0 Å². The minimum Gasteiger partial charge on any atom is -0.493 e. The molecule has 0 radical (unpaired) electrons. The second kappa shape index (κ2) is 5.73. The van der Waals surface area contributed by atoms with Gasteiger partial charge in [0.1, 0.15) is 12.2 Å². The predicted molar refractivity (Wildman–Crippen MR) is 69.5 cm³/mol. The maximum atomic E-state index is 12.1. The zero-order valence-corrected chi connectivity index (χ0v) is 11.8. The van der Waals surface area contributed by atoms with E-state index in [-0.39, 0.29) is 30.4 Å². The highest BCUT2D eigenvalue weighted by Gasteiger charge is 2.21. The van der Waals surface area contributed by atoms with Gasteiger partial charge in [-0.25, -0.2) is 0 Å². The Hall–Kier alpha value is -2.71. The standard InChI is InChI=1S/C12H14N4O5/c1-4-20-8(17)5-7-14-15-11(21-7)9-10(18)13-6(2)16(3)12(9)19/h18H,4-5H2,1-3H3. The monoisotopic (exact) mass is 294 g/mol. The first-order chi connectivity index (χ1) is 9.93. The fraction of sp³-hybridized carbons (Fsp3) is 0.417. The highest BCUT2D eigenvalue weighted by molar-refractivity contribution is 5.71. The van der Waals surface area contributed by atoms with Crippen molar-refractivity contribution in [2.24, 2.45) is 7.05 Å². The summed E-state index contributed by atoms with van der Waals surface area (Å²) in [5.74, 6) is -0.883. The van der Waals surface area contributed by atoms with Gasteiger partial charge in [-0.3, -0.25) is 14.2 Å². The number of nitrogens with zero attached hydrogens (tertiary/aromatic N) is 4. The summed E-state index contributed by atoms with van der Waals surface area (Å²) in [5.41, 5.74) is -0.725. The first-order valence-electron chi connectivity index (χ1n) is 6.19. The highest BCUT2D eigenvalue weighted by Crippen LogP contribution is 2.22. The zero-order valence-electron chi connectivity index (χ0n) is 11.8. The van der Waals surface area contributed by atoms with Crippen molar-refractivity contribution in [1.82, 2.24) is 19.7 Å². The molecule has 0 spiro atoms. The molecular weight excluding hydrogens is 280 g/mol. The molecule has 1 N–H and O–H groups in total. The number of aromatic nitrogens is 4. The summed E-state index contributed by atoms with van der Waals surface area (Å²) in [4.78, 5) is 27.2. The van der Waals surface area contributed by atoms with Gasteiger partial charge >= 0.3 is 5.97 Å². The van der Waals surface area contributed by atoms with Crippen LogP contribution < -0.4 is 5.56 Å². The zero-order chi connectivity index (χ0) is 15.6. The number of ether oxygens (including phenoxy) is 1. The smallest absolute Gasteiger partial charge is 0.315 e. The van der Waals surface area contributed by atoms with Crippen molar-refractivity contribution in [3.8, 4) is 17.3 Å². The third-order valence-electron chi connectivity index (χ3n) is 2.78. The molecule has 0 unspecified atom stereocenters. The first kappa shape index (κ1) is 14.7. The van der Waals surface area contributed by atoms with Gasteiger partial charge in [0.15, 0.2) is 5.56 Å². The molecular formula is C12H14N4O5. The Morgan fingerprint density at radius 3 is 2.81 bits per heavy atom. The fourth-order valence-electron chi connectivity index (χ4n) is 1.64. The summed E-state index contributed by atoms with van der Waals surface area (Å²) in [6, 6.07) is 0. The van der Waals surface area contributed by atoms with Gasteiger partial charge in [-0.2, -0.15) is 4.98 Å². The quantitative estimate of drug-likeness (QED) is 0.779. The molecule has 9 nitrogen and oxygen atoms in total. The van der Waals surface area contributed by atoms with Crippen molar-refractivity contribution in [2.45, 2.75) is 20.3 Å². The summed E-state index contributed by atoms with van der Waals surface area (Å²) in [6.07, 6.45) is -0.207. The van der Waals surface area contributed by atoms with Crippen LogP contribution in [0.15, 0.2) is 9.21 Å². The molecule has 21 heavy (non-hydrogen) atoms. The van der Waals surface area contributed by atoms with Crippen molar-refractivity contribution in [3.05, 3.63) is 22.1 Å². The fourth-order valence-corrected chi connectivity index (χ4v) is 1.64. The van der Waals surface area contributed by atoms with E-state index in [1.807, 2.05) is 0 Å². The van der Waals surface area contributed by atoms with Crippen LogP contribution in [0.1, 0.15) is 18.6 Å². The van der Waals surface area contributed by atoms with Crippen LogP contribution >= 0.6 is 0 Å². The molecule has 0 aliphatic rings. The van der Waals surface area contributed by atoms with Crippen LogP contribution in [0, 0.1) is 6.92 Å². The molecule has 9 heteroatoms. The summed E-state index contributed by atoms with van der Waals surface area (Å²) < 4.78 is 11.2. The van der Waals surface area contributed by atoms with Crippen LogP contribution in [0.3, 0.4) is 0 Å². The highest BCUT2D eigenvalue weighted by atomic mass is 16.5. The number of esters is 1. The first-order valence-corrected chi connectivity index (χ1v) is 6.19. The number of hydrogen-bond donors (Lipinski definition) is 1. The molecule has 112 valence electrons. The Bertz CT molecular complexity index is 734. The Balaban J connectivity index is 2.37. The van der Waals surface area contributed by atoms with Crippen LogP contribution in [0.25, 0.3) is 11.5 Å². The summed E-state index contributed by atoms with van der Waals surface area (Å²) in [7, 11) is 1.50. The van der Waals surface area contributed by atoms with Crippen molar-refractivity contribution in [3.63, 3.8) is 0 Å². The van der Waals surface area contributed by atoms with Crippen molar-refractivity contribution in [1.29, 1.82) is 0 Å². The molecule has 0 bridgehead atoms. The molecule has 0 atom stereocenters. The maximum absolute atomic E-state index is 12.1. The second-order valence-corrected chi connectivity index (χ2v) is 4.20. The molecule has 2 rings (SSSR count). The normalized spacial score (nSPS) is 10.6. The third-order valence-corrected chi connectivity index (χ3v) is 2.78. The molecule has 0 fully saturated rings. The van der Waals surface area contributed by atoms with E-state index in [1.165, 1.54) is 11.6 Å². The SMILES string of the molecule is CCOC(=O)Cc1nnc(-c2c(O)nc(C)n(C)c2=O)o1. The van der Waals surface area contributed by atoms with Crippen LogP contribution in [0.2, 0.25) is 0 Å². The van der Waals surface area contributed by atoms with Crippen molar-refractivity contribution >= 4 is 5.97 Å². The van der Waals surface area contributed by atoms with E-state index in [2.05, 4.69) is 15.2 Å². The van der Waals surface area contributed by atoms with E-state index >= 15 is 0 Å². The number of carbonyl (C=O) groups excluding carboxylic acids is 1. The van der Waals surface area contributed by atoms with E-state index in [0.717, 1.165) is 0 Å². The number of carbonyl (C=O) groups is 1. The molecule has 0 saturated heterocycles. The lowest BCUT2D eigenvalue weighted by Gasteiger charge is -2.05. The number of aryl methyl sites for hydroxylation is 1. The van der Waals surface area contributed by atoms with E-state index in [0.29, 0.717) is 5.82 Å². The molecule has 0 aromatic carbocycles. The Morgan fingerprint density at radius 1 is 1.43 bits per heavy atom. The minimum atomic E-state index is -0.522. The summed E-state index contributed by atoms with van der Waals surface area (Å²) in [6.45, 7) is 3.49. The van der Waals surface area contributed by atoms with Crippen LogP contribution in [-0.4, -0.2) is 37.4 Å². The lowest BCUT2D eigenvalue weighted by Crippen LogP contribution is -2.22. The molecule has 2 aromatic rings. The van der Waals surface area contributed by atoms with Gasteiger partial charge in [-0.15, -0.1) is 10.2 Å². The maximum Gasteiger partial charge on any atom is 0.315 e. The average Bonchev–Trinajstić information content (AvgIpc) is 2.84. The van der Waals surface area contributed by atoms with Gasteiger partial charge in [0.05, 0.1) is 6.61 Å². The Labute approximate surface area is 119 Å². The number of aromatic hydroxyl groups is 1. The lowest BCUT2D eigenvalue weighted by molar-refractivity contribution is -0.142. The largest absolute Gasteiger partial charge is 0.493 e. The van der Waals surface area contributed by atoms with E-state index in [9.17, 15) is 14.7 Å². The molecule has 0 saturated carbocycles. The average molecular weight is 294 g/mol. The van der Waals surface area contributed by atoms with Gasteiger partial charge in [-0.05, 0) is 13.8 Å². The van der Waals surface area contributed by atoms with Crippen LogP contribution in [-0.2, 0) is 23.0 Å². The Kier molecular flexibility index (Phi) is 4.01. The summed E-state index contributed by atoms with van der Waals surface area (Å²) >= 11 is 0. The second-order valence-electron chi connectivity index (χ2n) is 4.20. The van der Waals surface area contributed by atoms with E-state index in [1.54, 1.807) is 13.8 Å². The lowest BCUT2D eigenvalue weighted by atomic mass is 10.3. The number of rotatable bonds is 4. The molecule has 2 heterocycles. The van der Waals surface area contributed by atoms with E-state index in [4.69, 9.17) is 9.15 Å². The van der Waals surface area contributed by atoms with Gasteiger partial charge in [0, 0.05) is 7.05 Å². The van der Waals surface area contributed by atoms with Gasteiger partial charge in [0.25, 0.3) is 11.4 Å². The minimum absolute atomic E-state index is 0.00882. The van der Waals surface area contributed by atoms with Gasteiger partial charge in [0.2, 0.25) is 11.8 Å². The van der Waals surface area contributed by atoms with Gasteiger partial charge in [-0.1, -0.05) is 0 Å². The van der Waals surface area contributed by atoms with Crippen molar-refractivity contribution < 1.29 is 19.1 Å². The third kappa shape index (κ3) is 2.91. The summed E-state index contributed by atoms with van der Waals surface area (Å²) in [5, 5.41) is 17.1. The number of hydrogen-bond acceptors (Lipinski definition) is 8. The predicted octanol–water partition coefficient (Wildman–Crippen LogP) is -0.0501. The van der Waals surface area contributed by atoms with E-state index < -0.39 is 17.4 Å². The molecule has 0 aliphatic carbocycles. The van der Waals surface area contributed by atoms with Crippen LogP contribution in [0.5, 0.6) is 5.88 Å². The topological polar surface area (TPSA) is 120 Å². The van der Waals surface area contributed by atoms with Gasteiger partial charge < -0.3 is 14.3 Å². The molecule has 2 aromatic heterocycles.